The minimum atomic E-state index is -0.319. The Morgan fingerprint density at radius 1 is 1.38 bits per heavy atom. The van der Waals surface area contributed by atoms with Crippen LogP contribution in [0.15, 0.2) is 35.1 Å². The van der Waals surface area contributed by atoms with E-state index in [1.807, 2.05) is 6.07 Å². The lowest BCUT2D eigenvalue weighted by molar-refractivity contribution is 0.471. The van der Waals surface area contributed by atoms with Gasteiger partial charge in [0.2, 0.25) is 5.43 Å². The lowest BCUT2D eigenvalue weighted by atomic mass is 10.2. The first kappa shape index (κ1) is 8.05. The normalized spacial score (nSPS) is 19.5. The Labute approximate surface area is 76.2 Å². The van der Waals surface area contributed by atoms with Gasteiger partial charge in [0.15, 0.2) is 5.75 Å². The Hall–Kier alpha value is -1.57. The minimum Gasteiger partial charge on any atom is -0.504 e. The maximum atomic E-state index is 11.2. The van der Waals surface area contributed by atoms with Gasteiger partial charge in [-0.05, 0) is 29.2 Å². The summed E-state index contributed by atoms with van der Waals surface area (Å²) in [6.45, 7) is 2.08. The summed E-state index contributed by atoms with van der Waals surface area (Å²) < 4.78 is 0. The highest BCUT2D eigenvalue weighted by Crippen LogP contribution is 2.36. The van der Waals surface area contributed by atoms with Crippen molar-refractivity contribution in [2.45, 2.75) is 6.92 Å². The third-order valence-electron chi connectivity index (χ3n) is 2.21. The Morgan fingerprint density at radius 2 is 2.08 bits per heavy atom. The van der Waals surface area contributed by atoms with Gasteiger partial charge in [0.25, 0.3) is 0 Å². The van der Waals surface area contributed by atoms with Crippen molar-refractivity contribution in [3.63, 3.8) is 0 Å². The van der Waals surface area contributed by atoms with E-state index in [9.17, 15) is 4.79 Å². The summed E-state index contributed by atoms with van der Waals surface area (Å²) in [5.74, 6) is 0.282. The first-order valence-electron chi connectivity index (χ1n) is 4.24. The molecule has 1 aromatic rings. The summed E-state index contributed by atoms with van der Waals surface area (Å²) in [5.41, 5.74) is 1.78. The van der Waals surface area contributed by atoms with Crippen LogP contribution in [0.25, 0.3) is 5.57 Å². The zero-order chi connectivity index (χ0) is 9.42. The van der Waals surface area contributed by atoms with E-state index in [4.69, 9.17) is 5.11 Å². The Kier molecular flexibility index (Phi) is 1.69. The molecule has 0 bridgehead atoms. The van der Waals surface area contributed by atoms with Gasteiger partial charge >= 0.3 is 0 Å². The molecule has 0 saturated carbocycles. The molecule has 0 radical (unpaired) electrons. The lowest BCUT2D eigenvalue weighted by Gasteiger charge is -1.88. The predicted octanol–water partition coefficient (Wildman–Crippen LogP) is 1.79. The monoisotopic (exact) mass is 174 g/mol. The third kappa shape index (κ3) is 1.47. The standard InChI is InChI=1S/C11H10O2/c1-7-5-9(7)8-3-2-4-10(12)11(13)6-8/h2-7H,1H3,(H,12,13)/t7-/m0/s1. The van der Waals surface area contributed by atoms with Gasteiger partial charge in [-0.3, -0.25) is 4.79 Å². The van der Waals surface area contributed by atoms with Crippen LogP contribution in [0.2, 0.25) is 0 Å². The molecule has 1 atom stereocenters. The molecule has 0 aromatic heterocycles. The van der Waals surface area contributed by atoms with E-state index in [0.29, 0.717) is 5.92 Å². The molecule has 1 aliphatic carbocycles. The quantitative estimate of drug-likeness (QED) is 0.704. The molecule has 0 fully saturated rings. The molecule has 0 spiro atoms. The van der Waals surface area contributed by atoms with Crippen LogP contribution < -0.4 is 5.43 Å². The van der Waals surface area contributed by atoms with E-state index in [-0.39, 0.29) is 11.2 Å². The predicted molar refractivity (Wildman–Crippen MR) is 51.5 cm³/mol. The molecule has 2 nitrogen and oxygen atoms in total. The molecular weight excluding hydrogens is 164 g/mol. The number of aromatic hydroxyl groups is 1. The maximum Gasteiger partial charge on any atom is 0.220 e. The van der Waals surface area contributed by atoms with Crippen molar-refractivity contribution >= 4 is 5.57 Å². The molecule has 0 heterocycles. The fraction of sp³-hybridized carbons (Fsp3) is 0.182. The van der Waals surface area contributed by atoms with Crippen molar-refractivity contribution in [3.8, 4) is 5.75 Å². The van der Waals surface area contributed by atoms with Crippen molar-refractivity contribution in [3.05, 3.63) is 46.1 Å². The number of hydrogen-bond donors (Lipinski definition) is 1. The van der Waals surface area contributed by atoms with Gasteiger partial charge in [-0.1, -0.05) is 25.1 Å². The molecular formula is C11H10O2. The van der Waals surface area contributed by atoms with Crippen molar-refractivity contribution in [2.75, 3.05) is 0 Å². The van der Waals surface area contributed by atoms with E-state index in [1.54, 1.807) is 6.07 Å². The molecule has 2 rings (SSSR count). The summed E-state index contributed by atoms with van der Waals surface area (Å²) in [6.07, 6.45) is 2.09. The van der Waals surface area contributed by atoms with E-state index >= 15 is 0 Å². The highest BCUT2D eigenvalue weighted by atomic mass is 16.3. The second-order valence-electron chi connectivity index (χ2n) is 3.29. The Morgan fingerprint density at radius 3 is 2.69 bits per heavy atom. The van der Waals surface area contributed by atoms with Crippen molar-refractivity contribution in [1.82, 2.24) is 0 Å². The molecule has 66 valence electrons. The van der Waals surface area contributed by atoms with Crippen LogP contribution in [0, 0.1) is 5.92 Å². The van der Waals surface area contributed by atoms with Gasteiger partial charge in [0.1, 0.15) is 0 Å². The Balaban J connectivity index is 2.52. The lowest BCUT2D eigenvalue weighted by Crippen LogP contribution is -1.93. The van der Waals surface area contributed by atoms with Gasteiger partial charge in [0.05, 0.1) is 0 Å². The summed E-state index contributed by atoms with van der Waals surface area (Å²) >= 11 is 0. The Bertz CT molecular complexity index is 432. The zero-order valence-corrected chi connectivity index (χ0v) is 7.32. The van der Waals surface area contributed by atoms with E-state index in [1.165, 1.54) is 17.7 Å². The van der Waals surface area contributed by atoms with E-state index < -0.39 is 0 Å². The van der Waals surface area contributed by atoms with Gasteiger partial charge in [-0.25, -0.2) is 0 Å². The molecule has 13 heavy (non-hydrogen) atoms. The van der Waals surface area contributed by atoms with Crippen LogP contribution in [0.3, 0.4) is 0 Å². The zero-order valence-electron chi connectivity index (χ0n) is 7.32. The average molecular weight is 174 g/mol. The van der Waals surface area contributed by atoms with Crippen LogP contribution in [-0.4, -0.2) is 5.11 Å². The second-order valence-corrected chi connectivity index (χ2v) is 3.29. The topological polar surface area (TPSA) is 37.3 Å². The van der Waals surface area contributed by atoms with Crippen molar-refractivity contribution < 1.29 is 5.11 Å². The summed E-state index contributed by atoms with van der Waals surface area (Å²) in [6, 6.07) is 6.43. The molecule has 1 aliphatic rings. The smallest absolute Gasteiger partial charge is 0.220 e. The van der Waals surface area contributed by atoms with Crippen LogP contribution in [-0.2, 0) is 0 Å². The highest BCUT2D eigenvalue weighted by Gasteiger charge is 2.20. The van der Waals surface area contributed by atoms with E-state index in [2.05, 4.69) is 13.0 Å². The van der Waals surface area contributed by atoms with Gasteiger partial charge in [-0.15, -0.1) is 0 Å². The van der Waals surface area contributed by atoms with Gasteiger partial charge in [-0.2, -0.15) is 0 Å². The van der Waals surface area contributed by atoms with Gasteiger partial charge < -0.3 is 5.11 Å². The number of hydrogen-bond acceptors (Lipinski definition) is 2. The molecule has 0 aliphatic heterocycles. The van der Waals surface area contributed by atoms with Crippen molar-refractivity contribution in [2.24, 2.45) is 5.92 Å². The van der Waals surface area contributed by atoms with Crippen molar-refractivity contribution in [1.29, 1.82) is 0 Å². The van der Waals surface area contributed by atoms with Crippen LogP contribution in [0.4, 0.5) is 0 Å². The molecule has 1 N–H and O–H groups in total. The maximum absolute atomic E-state index is 11.2. The highest BCUT2D eigenvalue weighted by molar-refractivity contribution is 5.79. The molecule has 0 unspecified atom stereocenters. The third-order valence-corrected chi connectivity index (χ3v) is 2.21. The van der Waals surface area contributed by atoms with Crippen LogP contribution in [0.1, 0.15) is 12.5 Å². The largest absolute Gasteiger partial charge is 0.504 e. The van der Waals surface area contributed by atoms with Gasteiger partial charge in [0, 0.05) is 0 Å². The summed E-state index contributed by atoms with van der Waals surface area (Å²) in [5, 5.41) is 9.14. The number of allylic oxidation sites excluding steroid dienone is 2. The molecule has 2 heteroatoms. The SMILES string of the molecule is C[C@H]1C=C1c1cccc(O)c(=O)c1. The fourth-order valence-corrected chi connectivity index (χ4v) is 1.35. The fourth-order valence-electron chi connectivity index (χ4n) is 1.35. The average Bonchev–Trinajstić information content (AvgIpc) is 2.80. The van der Waals surface area contributed by atoms with Crippen LogP contribution >= 0.6 is 0 Å². The van der Waals surface area contributed by atoms with Crippen LogP contribution in [0.5, 0.6) is 5.75 Å². The summed E-state index contributed by atoms with van der Waals surface area (Å²) in [4.78, 5) is 11.2. The molecule has 0 saturated heterocycles. The second kappa shape index (κ2) is 2.73. The first-order valence-corrected chi connectivity index (χ1v) is 4.24. The molecule has 0 amide bonds. The summed E-state index contributed by atoms with van der Waals surface area (Å²) in [7, 11) is 0. The molecule has 1 aromatic carbocycles. The minimum absolute atomic E-state index is 0.194. The van der Waals surface area contributed by atoms with E-state index in [0.717, 1.165) is 5.56 Å². The first-order chi connectivity index (χ1) is 6.18. The number of rotatable bonds is 1.